The maximum atomic E-state index is 13.3. The van der Waals surface area contributed by atoms with Gasteiger partial charge in [-0.05, 0) is 19.1 Å². The molecule has 0 aromatic heterocycles. The average Bonchev–Trinajstić information content (AvgIpc) is 2.25. The van der Waals surface area contributed by atoms with Gasteiger partial charge in [0.15, 0.2) is 0 Å². The monoisotopic (exact) mass is 237 g/mol. The Morgan fingerprint density at radius 1 is 1.71 bits per heavy atom. The number of hydrogen-bond acceptors (Lipinski definition) is 2. The van der Waals surface area contributed by atoms with Gasteiger partial charge in [-0.3, -0.25) is 0 Å². The van der Waals surface area contributed by atoms with Gasteiger partial charge in [-0.1, -0.05) is 5.92 Å². The summed E-state index contributed by atoms with van der Waals surface area (Å²) in [5.74, 6) is 1.96. The molecule has 17 heavy (non-hydrogen) atoms. The molecule has 1 rings (SSSR count). The van der Waals surface area contributed by atoms with Crippen LogP contribution in [0.5, 0.6) is 5.75 Å². The summed E-state index contributed by atoms with van der Waals surface area (Å²) in [6, 6.07) is 3.75. The fourth-order valence-corrected chi connectivity index (χ4v) is 1.18. The highest BCUT2D eigenvalue weighted by Crippen LogP contribution is 2.16. The van der Waals surface area contributed by atoms with Crippen molar-refractivity contribution >= 4 is 6.09 Å². The number of terminal acetylenes is 1. The Hall–Kier alpha value is -2.22. The summed E-state index contributed by atoms with van der Waals surface area (Å²) in [5.41, 5.74) is 0.161. The smallest absolute Gasteiger partial charge is 0.404 e. The zero-order valence-corrected chi connectivity index (χ0v) is 9.24. The van der Waals surface area contributed by atoms with Crippen LogP contribution in [0.2, 0.25) is 0 Å². The van der Waals surface area contributed by atoms with Gasteiger partial charge in [-0.2, -0.15) is 0 Å². The van der Waals surface area contributed by atoms with E-state index in [1.54, 1.807) is 6.92 Å². The van der Waals surface area contributed by atoms with Crippen LogP contribution in [0.4, 0.5) is 9.18 Å². The molecule has 90 valence electrons. The van der Waals surface area contributed by atoms with Gasteiger partial charge in [0, 0.05) is 6.07 Å². The zero-order chi connectivity index (χ0) is 12.8. The highest BCUT2D eigenvalue weighted by atomic mass is 19.1. The Bertz CT molecular complexity index is 454. The van der Waals surface area contributed by atoms with E-state index in [0.29, 0.717) is 5.75 Å². The fraction of sp³-hybridized carbons (Fsp3) is 0.250. The van der Waals surface area contributed by atoms with Crippen LogP contribution in [0.15, 0.2) is 18.2 Å². The SMILES string of the molecule is C#Cc1ccc(OC[C@H](C)NC(=O)O)cc1F. The van der Waals surface area contributed by atoms with Crippen molar-refractivity contribution in [2.75, 3.05) is 6.61 Å². The Morgan fingerprint density at radius 2 is 2.41 bits per heavy atom. The number of carbonyl (C=O) groups is 1. The summed E-state index contributed by atoms with van der Waals surface area (Å²) in [6.07, 6.45) is 3.94. The van der Waals surface area contributed by atoms with Crippen molar-refractivity contribution in [2.24, 2.45) is 0 Å². The summed E-state index contributed by atoms with van der Waals surface area (Å²) in [4.78, 5) is 10.3. The van der Waals surface area contributed by atoms with Gasteiger partial charge in [0.05, 0.1) is 11.6 Å². The first-order valence-electron chi connectivity index (χ1n) is 4.91. The quantitative estimate of drug-likeness (QED) is 0.785. The molecule has 0 aliphatic rings. The minimum Gasteiger partial charge on any atom is -0.491 e. The normalized spacial score (nSPS) is 11.4. The lowest BCUT2D eigenvalue weighted by Gasteiger charge is -2.13. The molecule has 0 saturated heterocycles. The molecular formula is C12H12FNO3. The molecule has 4 nitrogen and oxygen atoms in total. The molecule has 0 unspecified atom stereocenters. The van der Waals surface area contributed by atoms with Crippen molar-refractivity contribution in [1.82, 2.24) is 5.32 Å². The lowest BCUT2D eigenvalue weighted by molar-refractivity contribution is 0.183. The summed E-state index contributed by atoms with van der Waals surface area (Å²) in [6.45, 7) is 1.75. The maximum Gasteiger partial charge on any atom is 0.404 e. The van der Waals surface area contributed by atoms with Crippen molar-refractivity contribution in [1.29, 1.82) is 0 Å². The number of halogens is 1. The first-order valence-corrected chi connectivity index (χ1v) is 4.91. The summed E-state index contributed by atoms with van der Waals surface area (Å²) < 4.78 is 18.5. The van der Waals surface area contributed by atoms with E-state index in [1.807, 2.05) is 0 Å². The second-order valence-corrected chi connectivity index (χ2v) is 3.45. The van der Waals surface area contributed by atoms with Gasteiger partial charge < -0.3 is 15.2 Å². The van der Waals surface area contributed by atoms with E-state index < -0.39 is 11.9 Å². The largest absolute Gasteiger partial charge is 0.491 e. The molecule has 1 amide bonds. The zero-order valence-electron chi connectivity index (χ0n) is 9.24. The second kappa shape index (κ2) is 5.75. The van der Waals surface area contributed by atoms with Crippen molar-refractivity contribution < 1.29 is 19.0 Å². The third-order valence-corrected chi connectivity index (χ3v) is 1.97. The van der Waals surface area contributed by atoms with Gasteiger partial charge in [0.2, 0.25) is 0 Å². The second-order valence-electron chi connectivity index (χ2n) is 3.45. The standard InChI is InChI=1S/C12H12FNO3/c1-3-9-4-5-10(6-11(9)13)17-7-8(2)14-12(15)16/h1,4-6,8,14H,7H2,2H3,(H,15,16)/t8-/m0/s1. The number of rotatable bonds is 4. The van der Waals surface area contributed by atoms with Crippen molar-refractivity contribution in [3.63, 3.8) is 0 Å². The molecule has 2 N–H and O–H groups in total. The molecular weight excluding hydrogens is 225 g/mol. The lowest BCUT2D eigenvalue weighted by Crippen LogP contribution is -2.35. The van der Waals surface area contributed by atoms with Crippen LogP contribution in [0.25, 0.3) is 0 Å². The van der Waals surface area contributed by atoms with E-state index in [2.05, 4.69) is 11.2 Å². The number of hydrogen-bond donors (Lipinski definition) is 2. The van der Waals surface area contributed by atoms with Crippen LogP contribution in [-0.4, -0.2) is 23.8 Å². The van der Waals surface area contributed by atoms with Gasteiger partial charge in [-0.25, -0.2) is 9.18 Å². The van der Waals surface area contributed by atoms with Crippen LogP contribution in [0.3, 0.4) is 0 Å². The Kier molecular flexibility index (Phi) is 4.35. The van der Waals surface area contributed by atoms with E-state index in [-0.39, 0.29) is 18.2 Å². The highest BCUT2D eigenvalue weighted by Gasteiger charge is 2.07. The molecule has 0 saturated carbocycles. The number of nitrogens with one attached hydrogen (secondary N) is 1. The van der Waals surface area contributed by atoms with Crippen molar-refractivity contribution in [3.05, 3.63) is 29.6 Å². The van der Waals surface area contributed by atoms with Crippen molar-refractivity contribution in [3.8, 4) is 18.1 Å². The Balaban J connectivity index is 2.56. The first-order chi connectivity index (χ1) is 8.02. The Labute approximate surface area is 98.4 Å². The highest BCUT2D eigenvalue weighted by molar-refractivity contribution is 5.64. The van der Waals surface area contributed by atoms with Crippen LogP contribution >= 0.6 is 0 Å². The lowest BCUT2D eigenvalue weighted by atomic mass is 10.2. The number of carboxylic acid groups (broad SMARTS) is 1. The van der Waals surface area contributed by atoms with Crippen LogP contribution < -0.4 is 10.1 Å². The third-order valence-electron chi connectivity index (χ3n) is 1.97. The van der Waals surface area contributed by atoms with Gasteiger partial charge in [0.25, 0.3) is 0 Å². The molecule has 1 aromatic rings. The van der Waals surface area contributed by atoms with E-state index in [4.69, 9.17) is 16.3 Å². The molecule has 0 radical (unpaired) electrons. The summed E-state index contributed by atoms with van der Waals surface area (Å²) >= 11 is 0. The van der Waals surface area contributed by atoms with Crippen LogP contribution in [0, 0.1) is 18.2 Å². The molecule has 5 heteroatoms. The summed E-state index contributed by atoms with van der Waals surface area (Å²) in [7, 11) is 0. The van der Waals surface area contributed by atoms with Gasteiger partial charge in [-0.15, -0.1) is 6.42 Å². The summed E-state index contributed by atoms with van der Waals surface area (Å²) in [5, 5.41) is 10.7. The predicted molar refractivity (Wildman–Crippen MR) is 60.5 cm³/mol. The minimum absolute atomic E-state index is 0.112. The maximum absolute atomic E-state index is 13.3. The molecule has 1 aromatic carbocycles. The van der Waals surface area contributed by atoms with Crippen LogP contribution in [0.1, 0.15) is 12.5 Å². The number of amides is 1. The topological polar surface area (TPSA) is 58.6 Å². The van der Waals surface area contributed by atoms with E-state index in [1.165, 1.54) is 18.2 Å². The molecule has 0 heterocycles. The molecule has 1 atom stereocenters. The molecule has 0 fully saturated rings. The Morgan fingerprint density at radius 3 is 2.94 bits per heavy atom. The molecule has 0 aliphatic carbocycles. The number of ether oxygens (including phenoxy) is 1. The number of benzene rings is 1. The molecule has 0 bridgehead atoms. The third kappa shape index (κ3) is 4.03. The van der Waals surface area contributed by atoms with Gasteiger partial charge in [0.1, 0.15) is 18.2 Å². The first kappa shape index (κ1) is 12.8. The van der Waals surface area contributed by atoms with Crippen LogP contribution in [-0.2, 0) is 0 Å². The van der Waals surface area contributed by atoms with E-state index in [9.17, 15) is 9.18 Å². The van der Waals surface area contributed by atoms with Gasteiger partial charge >= 0.3 is 6.09 Å². The average molecular weight is 237 g/mol. The van der Waals surface area contributed by atoms with E-state index >= 15 is 0 Å². The molecule has 0 aliphatic heterocycles. The van der Waals surface area contributed by atoms with Crippen molar-refractivity contribution in [2.45, 2.75) is 13.0 Å². The van der Waals surface area contributed by atoms with E-state index in [0.717, 1.165) is 0 Å². The predicted octanol–water partition coefficient (Wildman–Crippen LogP) is 1.84. The molecule has 0 spiro atoms. The fourth-order valence-electron chi connectivity index (χ4n) is 1.18. The minimum atomic E-state index is -1.13.